The third-order valence-corrected chi connectivity index (χ3v) is 3.79. The minimum Gasteiger partial charge on any atom is -0.497 e. The van der Waals surface area contributed by atoms with Crippen LogP contribution in [-0.4, -0.2) is 24.0 Å². The normalized spacial score (nSPS) is 10.4. The zero-order valence-corrected chi connectivity index (χ0v) is 16.1. The molecule has 0 heterocycles. The van der Waals surface area contributed by atoms with Crippen LogP contribution in [0.1, 0.15) is 21.5 Å². The van der Waals surface area contributed by atoms with Gasteiger partial charge in [-0.3, -0.25) is 25.8 Å². The topological polar surface area (TPSA) is 103 Å². The Kier molecular flexibility index (Phi) is 7.25. The Balaban J connectivity index is 1.93. The Labute approximate surface area is 168 Å². The molecule has 0 aliphatic carbocycles. The molecule has 2 aromatic rings. The van der Waals surface area contributed by atoms with Gasteiger partial charge in [-0.2, -0.15) is 5.26 Å². The molecule has 0 fully saturated rings. The van der Waals surface area contributed by atoms with Crippen molar-refractivity contribution in [1.82, 2.24) is 16.2 Å². The van der Waals surface area contributed by atoms with Crippen LogP contribution in [0.5, 0.6) is 5.75 Å². The molecule has 0 aromatic heterocycles. The predicted molar refractivity (Wildman–Crippen MR) is 109 cm³/mol. The number of rotatable bonds is 4. The second kappa shape index (κ2) is 9.85. The molecule has 2 amide bonds. The van der Waals surface area contributed by atoms with Crippen LogP contribution in [0.3, 0.4) is 0 Å². The van der Waals surface area contributed by atoms with Gasteiger partial charge in [0.1, 0.15) is 17.4 Å². The van der Waals surface area contributed by atoms with Crippen LogP contribution < -0.4 is 20.9 Å². The summed E-state index contributed by atoms with van der Waals surface area (Å²) in [4.78, 5) is 24.3. The first-order chi connectivity index (χ1) is 13.4. The van der Waals surface area contributed by atoms with E-state index in [9.17, 15) is 14.9 Å². The number of nitrogens with zero attached hydrogens (tertiary/aromatic N) is 1. The van der Waals surface area contributed by atoms with Crippen molar-refractivity contribution in [2.45, 2.75) is 6.92 Å². The van der Waals surface area contributed by atoms with Gasteiger partial charge in [-0.05, 0) is 55.0 Å². The lowest BCUT2D eigenvalue weighted by atomic mass is 10.1. The number of carbonyl (C=O) groups is 2. The monoisotopic (exact) mass is 394 g/mol. The van der Waals surface area contributed by atoms with Gasteiger partial charge in [-0.1, -0.05) is 29.8 Å². The number of hydrogen-bond acceptors (Lipinski definition) is 5. The molecule has 7 nitrogen and oxygen atoms in total. The number of benzene rings is 2. The molecule has 8 heteroatoms. The first kappa shape index (κ1) is 20.6. The number of aryl methyl sites for hydroxylation is 1. The van der Waals surface area contributed by atoms with Crippen LogP contribution in [0, 0.1) is 18.3 Å². The van der Waals surface area contributed by atoms with Crippen LogP contribution in [0.15, 0.2) is 54.1 Å². The molecule has 0 saturated heterocycles. The second-order valence-electron chi connectivity index (χ2n) is 5.67. The summed E-state index contributed by atoms with van der Waals surface area (Å²) in [5.74, 6) is -0.438. The van der Waals surface area contributed by atoms with Gasteiger partial charge in [0, 0.05) is 5.56 Å². The Hall–Kier alpha value is -3.70. The molecule has 2 aromatic carbocycles. The minimum atomic E-state index is -0.689. The predicted octanol–water partition coefficient (Wildman–Crippen LogP) is 2.25. The molecule has 0 radical (unpaired) electrons. The molecule has 0 spiro atoms. The maximum atomic E-state index is 12.1. The van der Waals surface area contributed by atoms with E-state index < -0.39 is 11.8 Å². The van der Waals surface area contributed by atoms with Gasteiger partial charge in [0.15, 0.2) is 5.11 Å². The van der Waals surface area contributed by atoms with E-state index in [1.54, 1.807) is 49.6 Å². The zero-order chi connectivity index (χ0) is 20.5. The van der Waals surface area contributed by atoms with E-state index in [2.05, 4.69) is 16.2 Å². The summed E-state index contributed by atoms with van der Waals surface area (Å²) in [5, 5.41) is 11.6. The summed E-state index contributed by atoms with van der Waals surface area (Å²) < 4.78 is 5.06. The van der Waals surface area contributed by atoms with Crippen LogP contribution in [0.2, 0.25) is 0 Å². The van der Waals surface area contributed by atoms with E-state index in [4.69, 9.17) is 17.0 Å². The summed E-state index contributed by atoms with van der Waals surface area (Å²) >= 11 is 4.99. The fraction of sp³-hybridized carbons (Fsp3) is 0.100. The van der Waals surface area contributed by atoms with Crippen LogP contribution in [0.4, 0.5) is 0 Å². The zero-order valence-electron chi connectivity index (χ0n) is 15.3. The molecule has 0 bridgehead atoms. The standard InChI is InChI=1S/C20H18N4O3S/c1-13-4-3-5-15(10-13)18(25)22-20(28)24-23-19(26)16(12-21)11-14-6-8-17(27-2)9-7-14/h3-11H,1-2H3,(H,23,26)(H2,22,24,25,28)/b16-11-. The number of hydrogen-bond donors (Lipinski definition) is 3. The van der Waals surface area contributed by atoms with Gasteiger partial charge in [0.25, 0.3) is 11.8 Å². The maximum Gasteiger partial charge on any atom is 0.280 e. The summed E-state index contributed by atoms with van der Waals surface area (Å²) in [6.07, 6.45) is 1.42. The first-order valence-electron chi connectivity index (χ1n) is 8.17. The Morgan fingerprint density at radius 2 is 1.86 bits per heavy atom. The lowest BCUT2D eigenvalue weighted by Gasteiger charge is -2.10. The van der Waals surface area contributed by atoms with E-state index in [1.807, 2.05) is 19.1 Å². The number of thiocarbonyl (C=S) groups is 1. The molecule has 28 heavy (non-hydrogen) atoms. The lowest BCUT2D eigenvalue weighted by Crippen LogP contribution is -2.48. The fourth-order valence-electron chi connectivity index (χ4n) is 2.19. The van der Waals surface area contributed by atoms with Crippen molar-refractivity contribution in [3.05, 3.63) is 70.8 Å². The van der Waals surface area contributed by atoms with Gasteiger partial charge in [-0.25, -0.2) is 0 Å². The Morgan fingerprint density at radius 3 is 2.46 bits per heavy atom. The highest BCUT2D eigenvalue weighted by atomic mass is 32.1. The molecule has 0 atom stereocenters. The quantitative estimate of drug-likeness (QED) is 0.318. The third-order valence-electron chi connectivity index (χ3n) is 3.59. The first-order valence-corrected chi connectivity index (χ1v) is 8.58. The van der Waals surface area contributed by atoms with Crippen molar-refractivity contribution >= 4 is 35.2 Å². The Bertz CT molecular complexity index is 962. The van der Waals surface area contributed by atoms with Gasteiger partial charge >= 0.3 is 0 Å². The van der Waals surface area contributed by atoms with Crippen molar-refractivity contribution < 1.29 is 14.3 Å². The molecule has 0 saturated carbocycles. The maximum absolute atomic E-state index is 12.1. The Morgan fingerprint density at radius 1 is 1.14 bits per heavy atom. The highest BCUT2D eigenvalue weighted by Crippen LogP contribution is 2.13. The summed E-state index contributed by atoms with van der Waals surface area (Å²) in [7, 11) is 1.55. The van der Waals surface area contributed by atoms with Crippen LogP contribution in [0.25, 0.3) is 6.08 Å². The summed E-state index contributed by atoms with van der Waals surface area (Å²) in [6, 6.07) is 15.7. The van der Waals surface area contributed by atoms with E-state index in [0.29, 0.717) is 16.9 Å². The molecule has 0 aliphatic rings. The van der Waals surface area contributed by atoms with Crippen molar-refractivity contribution in [1.29, 1.82) is 5.26 Å². The molecular formula is C20H18N4O3S. The average Bonchev–Trinajstić information content (AvgIpc) is 2.70. The van der Waals surface area contributed by atoms with Gasteiger partial charge in [-0.15, -0.1) is 0 Å². The number of hydrazine groups is 1. The van der Waals surface area contributed by atoms with Crippen molar-refractivity contribution in [2.24, 2.45) is 0 Å². The molecule has 0 unspecified atom stereocenters. The van der Waals surface area contributed by atoms with E-state index in [-0.39, 0.29) is 10.7 Å². The number of carbonyl (C=O) groups excluding carboxylic acids is 2. The van der Waals surface area contributed by atoms with Crippen LogP contribution >= 0.6 is 12.2 Å². The largest absolute Gasteiger partial charge is 0.497 e. The lowest BCUT2D eigenvalue weighted by molar-refractivity contribution is -0.117. The molecular weight excluding hydrogens is 376 g/mol. The highest BCUT2D eigenvalue weighted by molar-refractivity contribution is 7.80. The SMILES string of the molecule is COc1ccc(/C=C(/C#N)C(=O)NNC(=S)NC(=O)c2cccc(C)c2)cc1. The summed E-state index contributed by atoms with van der Waals surface area (Å²) in [5.41, 5.74) is 6.58. The molecule has 3 N–H and O–H groups in total. The molecule has 0 aliphatic heterocycles. The minimum absolute atomic E-state index is 0.0957. The average molecular weight is 394 g/mol. The van der Waals surface area contributed by atoms with E-state index >= 15 is 0 Å². The van der Waals surface area contributed by atoms with E-state index in [1.165, 1.54) is 6.08 Å². The second-order valence-corrected chi connectivity index (χ2v) is 6.08. The molecule has 142 valence electrons. The van der Waals surface area contributed by atoms with Crippen molar-refractivity contribution in [2.75, 3.05) is 7.11 Å². The van der Waals surface area contributed by atoms with E-state index in [0.717, 1.165) is 5.56 Å². The summed E-state index contributed by atoms with van der Waals surface area (Å²) in [6.45, 7) is 1.87. The van der Waals surface area contributed by atoms with Gasteiger partial charge in [0.2, 0.25) is 0 Å². The number of nitriles is 1. The van der Waals surface area contributed by atoms with Gasteiger partial charge < -0.3 is 4.74 Å². The number of amides is 2. The number of nitrogens with one attached hydrogen (secondary N) is 3. The smallest absolute Gasteiger partial charge is 0.280 e. The molecule has 2 rings (SSSR count). The van der Waals surface area contributed by atoms with Gasteiger partial charge in [0.05, 0.1) is 7.11 Å². The number of methoxy groups -OCH3 is 1. The third kappa shape index (κ3) is 5.93. The van der Waals surface area contributed by atoms with Crippen molar-refractivity contribution in [3.63, 3.8) is 0 Å². The highest BCUT2D eigenvalue weighted by Gasteiger charge is 2.11. The number of ether oxygens (including phenoxy) is 1. The fourth-order valence-corrected chi connectivity index (χ4v) is 2.33. The van der Waals surface area contributed by atoms with Crippen molar-refractivity contribution in [3.8, 4) is 11.8 Å². The van der Waals surface area contributed by atoms with Crippen LogP contribution in [-0.2, 0) is 4.79 Å².